The maximum absolute atomic E-state index is 12.6. The van der Waals surface area contributed by atoms with E-state index in [1.54, 1.807) is 41.1 Å². The van der Waals surface area contributed by atoms with Gasteiger partial charge in [0.1, 0.15) is 0 Å². The largest absolute Gasteiger partial charge is 0.471 e. The van der Waals surface area contributed by atoms with Crippen LogP contribution in [0.1, 0.15) is 18.4 Å². The molecule has 0 spiro atoms. The van der Waals surface area contributed by atoms with Gasteiger partial charge in [-0.3, -0.25) is 0 Å². The Labute approximate surface area is 153 Å². The molecule has 1 saturated heterocycles. The van der Waals surface area contributed by atoms with E-state index in [4.69, 9.17) is 4.74 Å². The lowest BCUT2D eigenvalue weighted by atomic mass is 10.1. The Morgan fingerprint density at radius 1 is 1.26 bits per heavy atom. The SMILES string of the molecule is CCN(Cc1ccc(-c2noc(C(F)(F)F)n2)cc1)C(=O)N(C)C1COC1. The number of likely N-dealkylation sites (N-methyl/N-ethyl adjacent to an activating group) is 1. The third-order valence-corrected chi connectivity index (χ3v) is 4.38. The summed E-state index contributed by atoms with van der Waals surface area (Å²) in [6.07, 6.45) is -4.68. The number of nitrogens with zero attached hydrogens (tertiary/aromatic N) is 4. The molecule has 1 fully saturated rings. The topological polar surface area (TPSA) is 71.7 Å². The molecule has 146 valence electrons. The zero-order valence-corrected chi connectivity index (χ0v) is 14.9. The van der Waals surface area contributed by atoms with E-state index < -0.39 is 12.1 Å². The van der Waals surface area contributed by atoms with E-state index in [2.05, 4.69) is 14.7 Å². The van der Waals surface area contributed by atoms with E-state index in [9.17, 15) is 18.0 Å². The van der Waals surface area contributed by atoms with Crippen molar-refractivity contribution in [3.05, 3.63) is 35.7 Å². The Kier molecular flexibility index (Phi) is 5.36. The van der Waals surface area contributed by atoms with Gasteiger partial charge in [-0.2, -0.15) is 18.2 Å². The summed E-state index contributed by atoms with van der Waals surface area (Å²) in [4.78, 5) is 19.3. The molecule has 27 heavy (non-hydrogen) atoms. The van der Waals surface area contributed by atoms with Gasteiger partial charge in [0.05, 0.1) is 19.3 Å². The van der Waals surface area contributed by atoms with E-state index in [-0.39, 0.29) is 17.9 Å². The van der Waals surface area contributed by atoms with E-state index in [1.807, 2.05) is 6.92 Å². The summed E-state index contributed by atoms with van der Waals surface area (Å²) in [5.74, 6) is -1.52. The molecule has 2 amide bonds. The van der Waals surface area contributed by atoms with Crippen molar-refractivity contribution >= 4 is 6.03 Å². The lowest BCUT2D eigenvalue weighted by Gasteiger charge is -2.37. The number of ether oxygens (including phenoxy) is 1. The molecule has 0 bridgehead atoms. The van der Waals surface area contributed by atoms with Crippen LogP contribution in [0.2, 0.25) is 0 Å². The third kappa shape index (κ3) is 4.21. The molecule has 0 radical (unpaired) electrons. The number of halogens is 3. The smallest absolute Gasteiger partial charge is 0.377 e. The van der Waals surface area contributed by atoms with Crippen molar-refractivity contribution < 1.29 is 27.2 Å². The minimum Gasteiger partial charge on any atom is -0.377 e. The number of urea groups is 1. The molecule has 2 heterocycles. The Morgan fingerprint density at radius 2 is 1.93 bits per heavy atom. The van der Waals surface area contributed by atoms with E-state index in [1.165, 1.54) is 0 Å². The minimum atomic E-state index is -4.68. The van der Waals surface area contributed by atoms with Crippen LogP contribution in [0.5, 0.6) is 0 Å². The van der Waals surface area contributed by atoms with Crippen LogP contribution in [-0.4, -0.2) is 58.8 Å². The van der Waals surface area contributed by atoms with Crippen molar-refractivity contribution in [3.63, 3.8) is 0 Å². The number of hydrogen-bond acceptors (Lipinski definition) is 5. The van der Waals surface area contributed by atoms with Gasteiger partial charge >= 0.3 is 18.1 Å². The molecule has 0 N–H and O–H groups in total. The first-order valence-corrected chi connectivity index (χ1v) is 8.39. The van der Waals surface area contributed by atoms with Crippen LogP contribution in [0.4, 0.5) is 18.0 Å². The first-order valence-electron chi connectivity index (χ1n) is 8.39. The fraction of sp³-hybridized carbons (Fsp3) is 0.471. The summed E-state index contributed by atoms with van der Waals surface area (Å²) in [6, 6.07) is 6.64. The number of hydrogen-bond donors (Lipinski definition) is 0. The molecule has 0 atom stereocenters. The van der Waals surface area contributed by atoms with Gasteiger partial charge in [0, 0.05) is 25.7 Å². The van der Waals surface area contributed by atoms with Crippen LogP contribution in [0.3, 0.4) is 0 Å². The highest BCUT2D eigenvalue weighted by molar-refractivity contribution is 5.74. The predicted octanol–water partition coefficient (Wildman–Crippen LogP) is 3.03. The Morgan fingerprint density at radius 3 is 2.41 bits per heavy atom. The van der Waals surface area contributed by atoms with Gasteiger partial charge in [-0.15, -0.1) is 0 Å². The second kappa shape index (κ2) is 7.55. The zero-order chi connectivity index (χ0) is 19.6. The molecular formula is C17H19F3N4O3. The van der Waals surface area contributed by atoms with Crippen LogP contribution in [0, 0.1) is 0 Å². The molecule has 3 rings (SSSR count). The first kappa shape index (κ1) is 19.2. The highest BCUT2D eigenvalue weighted by atomic mass is 19.4. The molecule has 0 saturated carbocycles. The van der Waals surface area contributed by atoms with Gasteiger partial charge in [-0.1, -0.05) is 29.4 Å². The van der Waals surface area contributed by atoms with Crippen LogP contribution in [0.25, 0.3) is 11.4 Å². The van der Waals surface area contributed by atoms with Crippen LogP contribution >= 0.6 is 0 Å². The molecule has 10 heteroatoms. The number of aromatic nitrogens is 2. The highest BCUT2D eigenvalue weighted by Crippen LogP contribution is 2.29. The summed E-state index contributed by atoms with van der Waals surface area (Å²) < 4.78 is 47.0. The van der Waals surface area contributed by atoms with Crippen molar-refractivity contribution in [2.45, 2.75) is 25.7 Å². The summed E-state index contributed by atoms with van der Waals surface area (Å²) >= 11 is 0. The number of rotatable bonds is 5. The maximum atomic E-state index is 12.6. The van der Waals surface area contributed by atoms with Gasteiger partial charge in [-0.25, -0.2) is 4.79 Å². The van der Waals surface area contributed by atoms with E-state index in [0.717, 1.165) is 5.56 Å². The lowest BCUT2D eigenvalue weighted by molar-refractivity contribution is -0.159. The van der Waals surface area contributed by atoms with Crippen LogP contribution in [-0.2, 0) is 17.5 Å². The van der Waals surface area contributed by atoms with Crippen LogP contribution in [0.15, 0.2) is 28.8 Å². The average molecular weight is 384 g/mol. The number of amides is 2. The second-order valence-electron chi connectivity index (χ2n) is 6.22. The maximum Gasteiger partial charge on any atom is 0.471 e. The number of carbonyl (C=O) groups is 1. The normalized spacial score (nSPS) is 14.7. The number of alkyl halides is 3. The van der Waals surface area contributed by atoms with Crippen molar-refractivity contribution in [1.82, 2.24) is 19.9 Å². The fourth-order valence-corrected chi connectivity index (χ4v) is 2.58. The van der Waals surface area contributed by atoms with E-state index >= 15 is 0 Å². The van der Waals surface area contributed by atoms with E-state index in [0.29, 0.717) is 31.9 Å². The molecule has 7 nitrogen and oxygen atoms in total. The molecule has 0 aliphatic carbocycles. The third-order valence-electron chi connectivity index (χ3n) is 4.38. The second-order valence-corrected chi connectivity index (χ2v) is 6.22. The fourth-order valence-electron chi connectivity index (χ4n) is 2.58. The molecule has 1 aromatic carbocycles. The lowest BCUT2D eigenvalue weighted by Crippen LogP contribution is -2.53. The predicted molar refractivity (Wildman–Crippen MR) is 88.6 cm³/mol. The monoisotopic (exact) mass is 384 g/mol. The van der Waals surface area contributed by atoms with Gasteiger partial charge in [-0.05, 0) is 12.5 Å². The molecule has 0 unspecified atom stereocenters. The Hall–Kier alpha value is -2.62. The summed E-state index contributed by atoms with van der Waals surface area (Å²) in [5, 5.41) is 3.36. The molecule has 1 aliphatic heterocycles. The van der Waals surface area contributed by atoms with Crippen molar-refractivity contribution in [2.75, 3.05) is 26.8 Å². The van der Waals surface area contributed by atoms with Crippen molar-refractivity contribution in [3.8, 4) is 11.4 Å². The number of carbonyl (C=O) groups excluding carboxylic acids is 1. The summed E-state index contributed by atoms with van der Waals surface area (Å²) in [6.45, 7) is 3.87. The van der Waals surface area contributed by atoms with Gasteiger partial charge < -0.3 is 19.1 Å². The molecular weight excluding hydrogens is 365 g/mol. The molecule has 1 aromatic heterocycles. The minimum absolute atomic E-state index is 0.0926. The van der Waals surface area contributed by atoms with Gasteiger partial charge in [0.15, 0.2) is 0 Å². The zero-order valence-electron chi connectivity index (χ0n) is 14.9. The first-order chi connectivity index (χ1) is 12.8. The standard InChI is InChI=1S/C17H19F3N4O3/c1-3-24(16(25)23(2)13-9-26-10-13)8-11-4-6-12(7-5-11)14-21-15(27-22-14)17(18,19)20/h4-7,13H,3,8-10H2,1-2H3. The highest BCUT2D eigenvalue weighted by Gasteiger charge is 2.38. The molecule has 1 aliphatic rings. The summed E-state index contributed by atoms with van der Waals surface area (Å²) in [7, 11) is 1.75. The average Bonchev–Trinajstić information content (AvgIpc) is 3.08. The van der Waals surface area contributed by atoms with Crippen LogP contribution < -0.4 is 0 Å². The van der Waals surface area contributed by atoms with Gasteiger partial charge in [0.25, 0.3) is 0 Å². The van der Waals surface area contributed by atoms with Crippen molar-refractivity contribution in [2.24, 2.45) is 0 Å². The Balaban J connectivity index is 1.67. The van der Waals surface area contributed by atoms with Crippen molar-refractivity contribution in [1.29, 1.82) is 0 Å². The quantitative estimate of drug-likeness (QED) is 0.793. The number of benzene rings is 1. The Bertz CT molecular complexity index is 787. The van der Waals surface area contributed by atoms with Gasteiger partial charge in [0.2, 0.25) is 5.82 Å². The summed E-state index contributed by atoms with van der Waals surface area (Å²) in [5.41, 5.74) is 1.24. The molecule has 2 aromatic rings.